The van der Waals surface area contributed by atoms with Crippen molar-refractivity contribution in [1.82, 2.24) is 5.32 Å². The highest BCUT2D eigenvalue weighted by atomic mass is 16.3. The Morgan fingerprint density at radius 2 is 2.36 bits per heavy atom. The van der Waals surface area contributed by atoms with Crippen molar-refractivity contribution >= 4 is 5.91 Å². The summed E-state index contributed by atoms with van der Waals surface area (Å²) >= 11 is 0. The second-order valence-electron chi connectivity index (χ2n) is 3.74. The van der Waals surface area contributed by atoms with Crippen molar-refractivity contribution in [2.45, 2.75) is 31.9 Å². The number of hydrogen-bond acceptors (Lipinski definition) is 3. The minimum Gasteiger partial charge on any atom is -0.469 e. The molecular weight excluding hydrogens is 182 g/mol. The molecule has 1 saturated carbocycles. The third-order valence-electron chi connectivity index (χ3n) is 2.44. The van der Waals surface area contributed by atoms with Crippen LogP contribution in [0.15, 0.2) is 16.7 Å². The Bertz CT molecular complexity index is 339. The number of carbonyl (C=O) groups is 1. The minimum atomic E-state index is -0.244. The van der Waals surface area contributed by atoms with Crippen LogP contribution >= 0.6 is 0 Å². The first kappa shape index (κ1) is 9.27. The molecule has 0 spiro atoms. The average molecular weight is 195 g/mol. The van der Waals surface area contributed by atoms with Crippen molar-refractivity contribution in [2.24, 2.45) is 0 Å². The first-order chi connectivity index (χ1) is 6.65. The lowest BCUT2D eigenvalue weighted by Crippen LogP contribution is -2.46. The van der Waals surface area contributed by atoms with Crippen LogP contribution in [0.3, 0.4) is 0 Å². The van der Waals surface area contributed by atoms with Crippen molar-refractivity contribution in [2.75, 3.05) is 0 Å². The summed E-state index contributed by atoms with van der Waals surface area (Å²) in [5.41, 5.74) is 0.545. The van der Waals surface area contributed by atoms with Crippen LogP contribution in [0.25, 0.3) is 0 Å². The number of hydrogen-bond donors (Lipinski definition) is 2. The predicted molar refractivity (Wildman–Crippen MR) is 49.9 cm³/mol. The maximum absolute atomic E-state index is 11.5. The normalized spacial score (nSPS) is 25.6. The van der Waals surface area contributed by atoms with E-state index in [-0.39, 0.29) is 18.1 Å². The minimum absolute atomic E-state index is 0.118. The standard InChI is InChI=1S/C10H13NO3/c1-6-2-7(5-14-6)10(13)11-8-3-9(12)4-8/h2,5,8-9,12H,3-4H2,1H3,(H,11,13). The van der Waals surface area contributed by atoms with Gasteiger partial charge in [-0.2, -0.15) is 0 Å². The van der Waals surface area contributed by atoms with Gasteiger partial charge < -0.3 is 14.8 Å². The first-order valence-electron chi connectivity index (χ1n) is 4.69. The molecule has 1 fully saturated rings. The first-order valence-corrected chi connectivity index (χ1v) is 4.69. The highest BCUT2D eigenvalue weighted by molar-refractivity contribution is 5.94. The molecule has 1 amide bonds. The van der Waals surface area contributed by atoms with Gasteiger partial charge in [0.1, 0.15) is 12.0 Å². The van der Waals surface area contributed by atoms with E-state index in [0.29, 0.717) is 18.4 Å². The van der Waals surface area contributed by atoms with Gasteiger partial charge in [-0.25, -0.2) is 0 Å². The monoisotopic (exact) mass is 195 g/mol. The molecule has 2 rings (SSSR count). The Morgan fingerprint density at radius 1 is 1.64 bits per heavy atom. The second kappa shape index (κ2) is 3.46. The van der Waals surface area contributed by atoms with Gasteiger partial charge in [-0.1, -0.05) is 0 Å². The van der Waals surface area contributed by atoms with Crippen molar-refractivity contribution in [1.29, 1.82) is 0 Å². The number of carbonyl (C=O) groups excluding carboxylic acids is 1. The van der Waals surface area contributed by atoms with E-state index in [4.69, 9.17) is 9.52 Å². The summed E-state index contributed by atoms with van der Waals surface area (Å²) in [4.78, 5) is 11.5. The molecule has 0 unspecified atom stereocenters. The summed E-state index contributed by atoms with van der Waals surface area (Å²) in [5, 5.41) is 11.9. The molecular formula is C10H13NO3. The van der Waals surface area contributed by atoms with Crippen LogP contribution in [0.2, 0.25) is 0 Å². The van der Waals surface area contributed by atoms with Crippen LogP contribution in [0.4, 0.5) is 0 Å². The molecule has 76 valence electrons. The fourth-order valence-electron chi connectivity index (χ4n) is 1.54. The number of aliphatic hydroxyl groups is 1. The topological polar surface area (TPSA) is 62.5 Å². The molecule has 0 aromatic carbocycles. The highest BCUT2D eigenvalue weighted by Crippen LogP contribution is 2.20. The molecule has 1 aromatic heterocycles. The van der Waals surface area contributed by atoms with E-state index in [1.807, 2.05) is 0 Å². The highest BCUT2D eigenvalue weighted by Gasteiger charge is 2.28. The second-order valence-corrected chi connectivity index (χ2v) is 3.74. The van der Waals surface area contributed by atoms with E-state index in [1.165, 1.54) is 6.26 Å². The third kappa shape index (κ3) is 1.80. The lowest BCUT2D eigenvalue weighted by atomic mass is 9.89. The number of rotatable bonds is 2. The SMILES string of the molecule is Cc1cc(C(=O)NC2CC(O)C2)co1. The zero-order chi connectivity index (χ0) is 10.1. The van der Waals surface area contributed by atoms with Crippen LogP contribution in [0, 0.1) is 6.92 Å². The van der Waals surface area contributed by atoms with E-state index in [0.717, 1.165) is 5.76 Å². The molecule has 14 heavy (non-hydrogen) atoms. The van der Waals surface area contributed by atoms with Gasteiger partial charge in [0.05, 0.1) is 11.7 Å². The van der Waals surface area contributed by atoms with Crippen molar-refractivity contribution < 1.29 is 14.3 Å². The van der Waals surface area contributed by atoms with Crippen LogP contribution in [-0.2, 0) is 0 Å². The quantitative estimate of drug-likeness (QED) is 0.735. The maximum Gasteiger partial charge on any atom is 0.254 e. The predicted octanol–water partition coefficient (Wildman–Crippen LogP) is 0.841. The maximum atomic E-state index is 11.5. The van der Waals surface area contributed by atoms with Crippen LogP contribution in [-0.4, -0.2) is 23.2 Å². The zero-order valence-corrected chi connectivity index (χ0v) is 7.99. The van der Waals surface area contributed by atoms with Gasteiger partial charge >= 0.3 is 0 Å². The van der Waals surface area contributed by atoms with Crippen LogP contribution in [0.5, 0.6) is 0 Å². The summed E-state index contributed by atoms with van der Waals surface area (Å²) < 4.78 is 5.03. The van der Waals surface area contributed by atoms with Gasteiger partial charge in [0, 0.05) is 6.04 Å². The van der Waals surface area contributed by atoms with Gasteiger partial charge in [0.25, 0.3) is 5.91 Å². The van der Waals surface area contributed by atoms with Crippen LogP contribution < -0.4 is 5.32 Å². The number of aryl methyl sites for hydroxylation is 1. The number of furan rings is 1. The summed E-state index contributed by atoms with van der Waals surface area (Å²) in [6, 6.07) is 1.82. The molecule has 1 aliphatic rings. The van der Waals surface area contributed by atoms with E-state index >= 15 is 0 Å². The molecule has 1 aromatic rings. The Labute approximate surface area is 81.9 Å². The van der Waals surface area contributed by atoms with Gasteiger partial charge in [0.15, 0.2) is 0 Å². The van der Waals surface area contributed by atoms with Gasteiger partial charge in [-0.15, -0.1) is 0 Å². The largest absolute Gasteiger partial charge is 0.469 e. The van der Waals surface area contributed by atoms with E-state index in [9.17, 15) is 4.79 Å². The number of nitrogens with one attached hydrogen (secondary N) is 1. The van der Waals surface area contributed by atoms with Crippen molar-refractivity contribution in [3.8, 4) is 0 Å². The summed E-state index contributed by atoms with van der Waals surface area (Å²) in [7, 11) is 0. The molecule has 2 N–H and O–H groups in total. The van der Waals surface area contributed by atoms with Crippen molar-refractivity contribution in [3.63, 3.8) is 0 Å². The molecule has 0 aliphatic heterocycles. The smallest absolute Gasteiger partial charge is 0.254 e. The zero-order valence-electron chi connectivity index (χ0n) is 7.99. The Hall–Kier alpha value is -1.29. The van der Waals surface area contributed by atoms with E-state index < -0.39 is 0 Å². The van der Waals surface area contributed by atoms with Gasteiger partial charge in [0.2, 0.25) is 0 Å². The van der Waals surface area contributed by atoms with Gasteiger partial charge in [-0.3, -0.25) is 4.79 Å². The Kier molecular flexibility index (Phi) is 2.29. The lowest BCUT2D eigenvalue weighted by Gasteiger charge is -2.31. The summed E-state index contributed by atoms with van der Waals surface area (Å²) in [6.45, 7) is 1.80. The Morgan fingerprint density at radius 3 is 2.86 bits per heavy atom. The summed E-state index contributed by atoms with van der Waals surface area (Å²) in [6.07, 6.45) is 2.51. The van der Waals surface area contributed by atoms with E-state index in [2.05, 4.69) is 5.32 Å². The average Bonchev–Trinajstić information content (AvgIpc) is 2.49. The van der Waals surface area contributed by atoms with Gasteiger partial charge in [-0.05, 0) is 25.8 Å². The molecule has 4 nitrogen and oxygen atoms in total. The summed E-state index contributed by atoms with van der Waals surface area (Å²) in [5.74, 6) is 0.600. The fraction of sp³-hybridized carbons (Fsp3) is 0.500. The Balaban J connectivity index is 1.90. The molecule has 1 heterocycles. The van der Waals surface area contributed by atoms with Crippen molar-refractivity contribution in [3.05, 3.63) is 23.7 Å². The van der Waals surface area contributed by atoms with Crippen LogP contribution in [0.1, 0.15) is 29.0 Å². The molecule has 0 atom stereocenters. The molecule has 0 bridgehead atoms. The lowest BCUT2D eigenvalue weighted by molar-refractivity contribution is 0.0562. The number of aliphatic hydroxyl groups excluding tert-OH is 1. The molecule has 0 radical (unpaired) electrons. The molecule has 0 saturated heterocycles. The molecule has 4 heteroatoms. The van der Waals surface area contributed by atoms with E-state index in [1.54, 1.807) is 13.0 Å². The number of amides is 1. The fourth-order valence-corrected chi connectivity index (χ4v) is 1.54. The molecule has 1 aliphatic carbocycles. The third-order valence-corrected chi connectivity index (χ3v) is 2.44.